The van der Waals surface area contributed by atoms with Crippen LogP contribution >= 0.6 is 0 Å². The molecule has 0 bridgehead atoms. The maximum absolute atomic E-state index is 11.5. The summed E-state index contributed by atoms with van der Waals surface area (Å²) in [4.78, 5) is 11.5. The van der Waals surface area contributed by atoms with Crippen LogP contribution < -0.4 is 5.32 Å². The van der Waals surface area contributed by atoms with Crippen LogP contribution in [0.1, 0.15) is 51.7 Å². The zero-order chi connectivity index (χ0) is 15.0. The lowest BCUT2D eigenvalue weighted by Crippen LogP contribution is -2.31. The maximum atomic E-state index is 11.5. The van der Waals surface area contributed by atoms with Gasteiger partial charge in [-0.2, -0.15) is 0 Å². The summed E-state index contributed by atoms with van der Waals surface area (Å²) >= 11 is 0. The van der Waals surface area contributed by atoms with E-state index in [0.717, 1.165) is 6.42 Å². The number of nitrogens with one attached hydrogen (secondary N) is 1. The number of aryl methyl sites for hydroxylation is 1. The molecule has 0 fully saturated rings. The standard InChI is InChI=1S/C17H27NO2/c1-5-6-7-14-8-10-15(11-9-14)12-18-13-16(19)20-17(2,3)4/h8-11,18H,5-7,12-13H2,1-4H3. The molecule has 3 nitrogen and oxygen atoms in total. The van der Waals surface area contributed by atoms with Crippen molar-refractivity contribution in [2.24, 2.45) is 0 Å². The van der Waals surface area contributed by atoms with Gasteiger partial charge < -0.3 is 10.1 Å². The van der Waals surface area contributed by atoms with E-state index in [2.05, 4.69) is 36.5 Å². The van der Waals surface area contributed by atoms with Gasteiger partial charge in [0.2, 0.25) is 0 Å². The van der Waals surface area contributed by atoms with Gasteiger partial charge in [-0.25, -0.2) is 0 Å². The Morgan fingerprint density at radius 1 is 1.15 bits per heavy atom. The van der Waals surface area contributed by atoms with E-state index in [1.165, 1.54) is 24.0 Å². The van der Waals surface area contributed by atoms with Crippen LogP contribution in [0.2, 0.25) is 0 Å². The van der Waals surface area contributed by atoms with Gasteiger partial charge in [0.05, 0.1) is 6.54 Å². The lowest BCUT2D eigenvalue weighted by molar-refractivity contribution is -0.153. The average Bonchev–Trinajstić information content (AvgIpc) is 2.35. The number of hydrogen-bond acceptors (Lipinski definition) is 3. The van der Waals surface area contributed by atoms with E-state index in [9.17, 15) is 4.79 Å². The molecule has 0 radical (unpaired) electrons. The van der Waals surface area contributed by atoms with Gasteiger partial charge in [-0.1, -0.05) is 37.6 Å². The van der Waals surface area contributed by atoms with Crippen LogP contribution in [0.3, 0.4) is 0 Å². The molecule has 20 heavy (non-hydrogen) atoms. The Balaban J connectivity index is 2.30. The van der Waals surface area contributed by atoms with Gasteiger partial charge in [-0.3, -0.25) is 4.79 Å². The molecule has 0 amide bonds. The van der Waals surface area contributed by atoms with Crippen molar-refractivity contribution in [2.45, 2.75) is 59.1 Å². The van der Waals surface area contributed by atoms with Gasteiger partial charge in [-0.15, -0.1) is 0 Å². The second kappa shape index (κ2) is 8.05. The van der Waals surface area contributed by atoms with Gasteiger partial charge in [0.25, 0.3) is 0 Å². The van der Waals surface area contributed by atoms with E-state index in [0.29, 0.717) is 6.54 Å². The normalized spacial score (nSPS) is 11.4. The van der Waals surface area contributed by atoms with Crippen molar-refractivity contribution < 1.29 is 9.53 Å². The van der Waals surface area contributed by atoms with Crippen molar-refractivity contribution in [3.05, 3.63) is 35.4 Å². The van der Waals surface area contributed by atoms with Crippen LogP contribution in [-0.2, 0) is 22.5 Å². The molecule has 0 saturated heterocycles. The van der Waals surface area contributed by atoms with E-state index in [-0.39, 0.29) is 12.5 Å². The van der Waals surface area contributed by atoms with Crippen LogP contribution in [0.4, 0.5) is 0 Å². The van der Waals surface area contributed by atoms with Crippen molar-refractivity contribution in [3.8, 4) is 0 Å². The zero-order valence-corrected chi connectivity index (χ0v) is 13.2. The SMILES string of the molecule is CCCCc1ccc(CNCC(=O)OC(C)(C)C)cc1. The molecule has 112 valence electrons. The van der Waals surface area contributed by atoms with Crippen LogP contribution in [0, 0.1) is 0 Å². The first-order chi connectivity index (χ1) is 9.40. The first kappa shape index (κ1) is 16.7. The summed E-state index contributed by atoms with van der Waals surface area (Å²) in [6.07, 6.45) is 3.59. The minimum absolute atomic E-state index is 0.211. The lowest BCUT2D eigenvalue weighted by atomic mass is 10.1. The number of unbranched alkanes of at least 4 members (excludes halogenated alkanes) is 1. The van der Waals surface area contributed by atoms with Crippen molar-refractivity contribution in [1.29, 1.82) is 0 Å². The van der Waals surface area contributed by atoms with Crippen molar-refractivity contribution in [1.82, 2.24) is 5.32 Å². The summed E-state index contributed by atoms with van der Waals surface area (Å²) in [6, 6.07) is 8.57. The molecule has 0 heterocycles. The van der Waals surface area contributed by atoms with E-state index in [1.54, 1.807) is 0 Å². The number of carbonyl (C=O) groups is 1. The molecule has 3 heteroatoms. The Morgan fingerprint density at radius 2 is 1.75 bits per heavy atom. The van der Waals surface area contributed by atoms with Gasteiger partial charge in [0, 0.05) is 6.54 Å². The van der Waals surface area contributed by atoms with Gasteiger partial charge in [0.1, 0.15) is 5.60 Å². The highest BCUT2D eigenvalue weighted by molar-refractivity contribution is 5.72. The van der Waals surface area contributed by atoms with Crippen LogP contribution in [0.5, 0.6) is 0 Å². The minimum Gasteiger partial charge on any atom is -0.459 e. The highest BCUT2D eigenvalue weighted by Crippen LogP contribution is 2.08. The molecule has 1 N–H and O–H groups in total. The molecule has 1 aromatic carbocycles. The quantitative estimate of drug-likeness (QED) is 0.776. The summed E-state index contributed by atoms with van der Waals surface area (Å²) in [7, 11) is 0. The molecule has 0 spiro atoms. The number of rotatable bonds is 7. The van der Waals surface area contributed by atoms with E-state index in [1.807, 2.05) is 20.8 Å². The fourth-order valence-electron chi connectivity index (χ4n) is 1.89. The topological polar surface area (TPSA) is 38.3 Å². The third-order valence-electron chi connectivity index (χ3n) is 2.86. The van der Waals surface area contributed by atoms with Gasteiger partial charge in [0.15, 0.2) is 0 Å². The fourth-order valence-corrected chi connectivity index (χ4v) is 1.89. The van der Waals surface area contributed by atoms with Crippen LogP contribution in [0.15, 0.2) is 24.3 Å². The Bertz CT molecular complexity index is 404. The molecule has 1 rings (SSSR count). The number of carbonyl (C=O) groups excluding carboxylic acids is 1. The maximum Gasteiger partial charge on any atom is 0.320 e. The lowest BCUT2D eigenvalue weighted by Gasteiger charge is -2.19. The molecule has 0 atom stereocenters. The van der Waals surface area contributed by atoms with Crippen molar-refractivity contribution in [3.63, 3.8) is 0 Å². The average molecular weight is 277 g/mol. The Labute approximate surface area is 122 Å². The summed E-state index contributed by atoms with van der Waals surface area (Å²) in [5.74, 6) is -0.211. The fraction of sp³-hybridized carbons (Fsp3) is 0.588. The van der Waals surface area contributed by atoms with E-state index in [4.69, 9.17) is 4.74 Å². The smallest absolute Gasteiger partial charge is 0.320 e. The summed E-state index contributed by atoms with van der Waals surface area (Å²) in [6.45, 7) is 8.76. The predicted molar refractivity (Wildman–Crippen MR) is 82.6 cm³/mol. The number of hydrogen-bond donors (Lipinski definition) is 1. The number of esters is 1. The predicted octanol–water partition coefficient (Wildman–Crippen LogP) is 3.46. The van der Waals surface area contributed by atoms with Crippen molar-refractivity contribution in [2.75, 3.05) is 6.54 Å². The molecule has 0 unspecified atom stereocenters. The molecule has 0 aliphatic heterocycles. The Morgan fingerprint density at radius 3 is 2.30 bits per heavy atom. The first-order valence-electron chi connectivity index (χ1n) is 7.41. The molecule has 0 aliphatic carbocycles. The largest absolute Gasteiger partial charge is 0.459 e. The molecular formula is C17H27NO2. The first-order valence-corrected chi connectivity index (χ1v) is 7.41. The monoisotopic (exact) mass is 277 g/mol. The minimum atomic E-state index is -0.417. The highest BCUT2D eigenvalue weighted by Gasteiger charge is 2.15. The zero-order valence-electron chi connectivity index (χ0n) is 13.2. The van der Waals surface area contributed by atoms with Gasteiger partial charge >= 0.3 is 5.97 Å². The third-order valence-corrected chi connectivity index (χ3v) is 2.86. The van der Waals surface area contributed by atoms with Gasteiger partial charge in [-0.05, 0) is 44.7 Å². The summed E-state index contributed by atoms with van der Waals surface area (Å²) in [5, 5.41) is 3.11. The molecule has 0 saturated carbocycles. The molecule has 1 aromatic rings. The number of benzene rings is 1. The highest BCUT2D eigenvalue weighted by atomic mass is 16.6. The van der Waals surface area contributed by atoms with Crippen LogP contribution in [0.25, 0.3) is 0 Å². The van der Waals surface area contributed by atoms with Crippen molar-refractivity contribution >= 4 is 5.97 Å². The second-order valence-corrected chi connectivity index (χ2v) is 6.11. The van der Waals surface area contributed by atoms with E-state index >= 15 is 0 Å². The summed E-state index contributed by atoms with van der Waals surface area (Å²) in [5.41, 5.74) is 2.15. The molecule has 0 aromatic heterocycles. The Kier molecular flexibility index (Phi) is 6.73. The third kappa shape index (κ3) is 7.29. The van der Waals surface area contributed by atoms with E-state index < -0.39 is 5.60 Å². The second-order valence-electron chi connectivity index (χ2n) is 6.11. The summed E-state index contributed by atoms with van der Waals surface area (Å²) < 4.78 is 5.24. The Hall–Kier alpha value is -1.35. The molecule has 0 aliphatic rings. The number of ether oxygens (including phenoxy) is 1. The molecular weight excluding hydrogens is 250 g/mol. The van der Waals surface area contributed by atoms with Crippen LogP contribution in [-0.4, -0.2) is 18.1 Å².